The Morgan fingerprint density at radius 3 is 2.60 bits per heavy atom. The fourth-order valence-corrected chi connectivity index (χ4v) is 1.85. The average Bonchev–Trinajstić information content (AvgIpc) is 2.05. The normalized spacial score (nSPS) is 24.5. The van der Waals surface area contributed by atoms with Crippen molar-refractivity contribution in [3.8, 4) is 0 Å². The smallest absolute Gasteiger partial charge is 0.0941 e. The molecule has 1 saturated heterocycles. The van der Waals surface area contributed by atoms with Crippen LogP contribution >= 0.6 is 0 Å². The van der Waals surface area contributed by atoms with Crippen molar-refractivity contribution < 1.29 is 8.95 Å². The summed E-state index contributed by atoms with van der Waals surface area (Å²) in [4.78, 5) is 0. The molecule has 10 heavy (non-hydrogen) atoms. The molecule has 1 aliphatic heterocycles. The number of morpholine rings is 1. The van der Waals surface area contributed by atoms with Crippen molar-refractivity contribution in [1.29, 1.82) is 0 Å². The maximum absolute atomic E-state index is 11.1. The number of rotatable bonds is 2. The molecule has 1 aliphatic rings. The van der Waals surface area contributed by atoms with Gasteiger partial charge in [0.2, 0.25) is 0 Å². The molecule has 1 heterocycles. The van der Waals surface area contributed by atoms with Crippen molar-refractivity contribution in [1.82, 2.24) is 4.31 Å². The molecule has 4 heteroatoms. The van der Waals surface area contributed by atoms with Crippen molar-refractivity contribution >= 4 is 11.0 Å². The first-order chi connectivity index (χ1) is 4.84. The van der Waals surface area contributed by atoms with Gasteiger partial charge < -0.3 is 4.74 Å². The second-order valence-electron chi connectivity index (χ2n) is 2.15. The highest BCUT2D eigenvalue weighted by Gasteiger charge is 2.14. The minimum absolute atomic E-state index is 0.722. The number of hydrogen-bond donors (Lipinski definition) is 0. The molecule has 0 aromatic heterocycles. The summed E-state index contributed by atoms with van der Waals surface area (Å²) in [5.74, 6) is 0.722. The standard InChI is InChI=1S/C6H13NO2S/c1-2-10(8)7-3-5-9-6-4-7/h2-6H2,1H3. The van der Waals surface area contributed by atoms with Crippen molar-refractivity contribution in [2.24, 2.45) is 0 Å². The van der Waals surface area contributed by atoms with Gasteiger partial charge in [0.15, 0.2) is 0 Å². The Morgan fingerprint density at radius 2 is 2.10 bits per heavy atom. The van der Waals surface area contributed by atoms with Crippen LogP contribution in [0.1, 0.15) is 6.92 Å². The highest BCUT2D eigenvalue weighted by molar-refractivity contribution is 7.82. The Morgan fingerprint density at radius 1 is 1.50 bits per heavy atom. The zero-order chi connectivity index (χ0) is 7.40. The summed E-state index contributed by atoms with van der Waals surface area (Å²) in [6.07, 6.45) is 0. The first-order valence-corrected chi connectivity index (χ1v) is 4.83. The van der Waals surface area contributed by atoms with Crippen molar-refractivity contribution in [3.05, 3.63) is 0 Å². The monoisotopic (exact) mass is 163 g/mol. The van der Waals surface area contributed by atoms with Crippen molar-refractivity contribution in [3.63, 3.8) is 0 Å². The van der Waals surface area contributed by atoms with Gasteiger partial charge in [-0.1, -0.05) is 6.92 Å². The molecule has 0 aromatic carbocycles. The zero-order valence-electron chi connectivity index (χ0n) is 6.21. The van der Waals surface area contributed by atoms with Crippen LogP contribution in [0.15, 0.2) is 0 Å². The van der Waals surface area contributed by atoms with Crippen LogP contribution in [0.3, 0.4) is 0 Å². The molecule has 0 N–H and O–H groups in total. The minimum Gasteiger partial charge on any atom is -0.379 e. The molecule has 0 amide bonds. The van der Waals surface area contributed by atoms with E-state index in [1.54, 1.807) is 0 Å². The van der Waals surface area contributed by atoms with Gasteiger partial charge in [0.1, 0.15) is 0 Å². The van der Waals surface area contributed by atoms with Gasteiger partial charge in [0.25, 0.3) is 0 Å². The molecule has 1 rings (SSSR count). The molecule has 0 spiro atoms. The lowest BCUT2D eigenvalue weighted by Gasteiger charge is -2.24. The average molecular weight is 163 g/mol. The fraction of sp³-hybridized carbons (Fsp3) is 1.00. The third-order valence-corrected chi connectivity index (χ3v) is 2.94. The molecule has 0 radical (unpaired) electrons. The van der Waals surface area contributed by atoms with Gasteiger partial charge in [0.05, 0.1) is 24.2 Å². The van der Waals surface area contributed by atoms with Crippen LogP contribution < -0.4 is 0 Å². The molecule has 60 valence electrons. The third kappa shape index (κ3) is 2.04. The summed E-state index contributed by atoms with van der Waals surface area (Å²) >= 11 is 0. The summed E-state index contributed by atoms with van der Waals surface area (Å²) in [6, 6.07) is 0. The molecule has 1 fully saturated rings. The highest BCUT2D eigenvalue weighted by atomic mass is 32.2. The maximum atomic E-state index is 11.1. The molecule has 0 aliphatic carbocycles. The van der Waals surface area contributed by atoms with Crippen LogP contribution in [0.4, 0.5) is 0 Å². The van der Waals surface area contributed by atoms with Gasteiger partial charge in [-0.25, -0.2) is 8.51 Å². The van der Waals surface area contributed by atoms with Gasteiger partial charge in [-0.3, -0.25) is 0 Å². The number of nitrogens with zero attached hydrogens (tertiary/aromatic N) is 1. The van der Waals surface area contributed by atoms with Gasteiger partial charge in [0, 0.05) is 18.8 Å². The lowest BCUT2D eigenvalue weighted by Crippen LogP contribution is -2.38. The first-order valence-electron chi connectivity index (χ1n) is 3.55. The molecule has 0 aromatic rings. The van der Waals surface area contributed by atoms with E-state index in [2.05, 4.69) is 0 Å². The topological polar surface area (TPSA) is 29.5 Å². The van der Waals surface area contributed by atoms with E-state index in [0.29, 0.717) is 0 Å². The minimum atomic E-state index is -0.760. The van der Waals surface area contributed by atoms with Gasteiger partial charge >= 0.3 is 0 Å². The predicted molar refractivity (Wildman–Crippen MR) is 41.1 cm³/mol. The second kappa shape index (κ2) is 4.05. The lowest BCUT2D eigenvalue weighted by atomic mass is 10.5. The second-order valence-corrected chi connectivity index (χ2v) is 3.89. The third-order valence-electron chi connectivity index (χ3n) is 1.50. The summed E-state index contributed by atoms with van der Waals surface area (Å²) in [6.45, 7) is 5.03. The van der Waals surface area contributed by atoms with Crippen molar-refractivity contribution in [2.75, 3.05) is 32.1 Å². The summed E-state index contributed by atoms with van der Waals surface area (Å²) in [5.41, 5.74) is 0. The van der Waals surface area contributed by atoms with E-state index in [0.717, 1.165) is 32.1 Å². The summed E-state index contributed by atoms with van der Waals surface area (Å²) in [5, 5.41) is 0. The summed E-state index contributed by atoms with van der Waals surface area (Å²) < 4.78 is 18.2. The Bertz CT molecular complexity index is 123. The predicted octanol–water partition coefficient (Wildman–Crippen LogP) is 0.00220. The molecular weight excluding hydrogens is 150 g/mol. The quantitative estimate of drug-likeness (QED) is 0.573. The largest absolute Gasteiger partial charge is 0.379 e. The van der Waals surface area contributed by atoms with Crippen LogP contribution in [0.2, 0.25) is 0 Å². The molecule has 1 unspecified atom stereocenters. The fourth-order valence-electron chi connectivity index (χ4n) is 0.933. The SMILES string of the molecule is CCS(=O)N1CCOCC1. The van der Waals surface area contributed by atoms with E-state index in [1.165, 1.54) is 0 Å². The van der Waals surface area contributed by atoms with Crippen LogP contribution in [0, 0.1) is 0 Å². The van der Waals surface area contributed by atoms with E-state index in [9.17, 15) is 4.21 Å². The molecular formula is C6H13NO2S. The Labute approximate surface area is 63.9 Å². The van der Waals surface area contributed by atoms with Crippen LogP contribution in [-0.2, 0) is 15.7 Å². The van der Waals surface area contributed by atoms with Crippen molar-refractivity contribution in [2.45, 2.75) is 6.92 Å². The van der Waals surface area contributed by atoms with Gasteiger partial charge in [-0.15, -0.1) is 0 Å². The molecule has 0 bridgehead atoms. The van der Waals surface area contributed by atoms with E-state index in [1.807, 2.05) is 11.2 Å². The first kappa shape index (κ1) is 8.17. The van der Waals surface area contributed by atoms with Gasteiger partial charge in [-0.2, -0.15) is 0 Å². The Balaban J connectivity index is 2.31. The molecule has 3 nitrogen and oxygen atoms in total. The van der Waals surface area contributed by atoms with Crippen LogP contribution in [0.5, 0.6) is 0 Å². The Hall–Kier alpha value is 0.0700. The van der Waals surface area contributed by atoms with E-state index in [4.69, 9.17) is 4.74 Å². The number of ether oxygens (including phenoxy) is 1. The zero-order valence-corrected chi connectivity index (χ0v) is 7.02. The van der Waals surface area contributed by atoms with Crippen LogP contribution in [0.25, 0.3) is 0 Å². The van der Waals surface area contributed by atoms with Crippen LogP contribution in [-0.4, -0.2) is 40.6 Å². The van der Waals surface area contributed by atoms with E-state index >= 15 is 0 Å². The van der Waals surface area contributed by atoms with Gasteiger partial charge in [-0.05, 0) is 0 Å². The summed E-state index contributed by atoms with van der Waals surface area (Å²) in [7, 11) is -0.760. The molecule has 1 atom stereocenters. The van der Waals surface area contributed by atoms with E-state index < -0.39 is 11.0 Å². The van der Waals surface area contributed by atoms with E-state index in [-0.39, 0.29) is 0 Å². The molecule has 0 saturated carbocycles. The maximum Gasteiger partial charge on any atom is 0.0941 e. The Kier molecular flexibility index (Phi) is 3.31. The highest BCUT2D eigenvalue weighted by Crippen LogP contribution is 2.00. The number of hydrogen-bond acceptors (Lipinski definition) is 2. The lowest BCUT2D eigenvalue weighted by molar-refractivity contribution is 0.0752.